The summed E-state index contributed by atoms with van der Waals surface area (Å²) in [6.45, 7) is 11.3. The quantitative estimate of drug-likeness (QED) is 0.212. The summed E-state index contributed by atoms with van der Waals surface area (Å²) in [6.07, 6.45) is 13.5. The molecular formula is C22H44N2O2. The first kappa shape index (κ1) is 25.0. The van der Waals surface area contributed by atoms with Gasteiger partial charge in [0.2, 0.25) is 0 Å². The van der Waals surface area contributed by atoms with Crippen LogP contribution in [-0.4, -0.2) is 26.4 Å². The number of rotatable bonds is 17. The van der Waals surface area contributed by atoms with Gasteiger partial charge in [0.25, 0.3) is 0 Å². The summed E-state index contributed by atoms with van der Waals surface area (Å²) in [5.41, 5.74) is 12.5. The molecule has 0 aliphatic carbocycles. The maximum absolute atomic E-state index is 6.19. The summed E-state index contributed by atoms with van der Waals surface area (Å²) >= 11 is 0. The Morgan fingerprint density at radius 1 is 0.885 bits per heavy atom. The zero-order valence-electron chi connectivity index (χ0n) is 17.8. The molecule has 0 aromatic carbocycles. The molecule has 0 spiro atoms. The third kappa shape index (κ3) is 12.4. The van der Waals surface area contributed by atoms with Gasteiger partial charge in [0.05, 0.1) is 18.9 Å². The highest BCUT2D eigenvalue weighted by Gasteiger charge is 2.10. The van der Waals surface area contributed by atoms with Crippen LogP contribution >= 0.6 is 0 Å². The molecule has 0 heterocycles. The molecule has 0 aromatic rings. The van der Waals surface area contributed by atoms with Crippen molar-refractivity contribution in [2.24, 2.45) is 23.3 Å². The van der Waals surface area contributed by atoms with E-state index >= 15 is 0 Å². The second-order valence-electron chi connectivity index (χ2n) is 7.15. The topological polar surface area (TPSA) is 70.5 Å². The summed E-state index contributed by atoms with van der Waals surface area (Å²) in [5, 5.41) is 0. The fraction of sp³-hybridized carbons (Fsp3) is 0.818. The summed E-state index contributed by atoms with van der Waals surface area (Å²) in [5.74, 6) is 1.91. The molecule has 0 saturated heterocycles. The largest absolute Gasteiger partial charge is 0.491 e. The number of unbranched alkanes of at least 4 members (excludes halogenated alkanes) is 2. The molecule has 0 radical (unpaired) electrons. The Morgan fingerprint density at radius 2 is 1.46 bits per heavy atom. The average molecular weight is 369 g/mol. The minimum atomic E-state index is 0.422. The first-order chi connectivity index (χ1) is 12.6. The second kappa shape index (κ2) is 17.4. The fourth-order valence-corrected chi connectivity index (χ4v) is 2.85. The maximum Gasteiger partial charge on any atom is 0.139 e. The molecule has 0 fully saturated rings. The van der Waals surface area contributed by atoms with Crippen molar-refractivity contribution >= 4 is 0 Å². The highest BCUT2D eigenvalue weighted by atomic mass is 16.5. The zero-order valence-corrected chi connectivity index (χ0v) is 17.8. The van der Waals surface area contributed by atoms with E-state index < -0.39 is 0 Å². The lowest BCUT2D eigenvalue weighted by molar-refractivity contribution is 0.115. The van der Waals surface area contributed by atoms with Crippen molar-refractivity contribution < 1.29 is 9.47 Å². The highest BCUT2D eigenvalue weighted by molar-refractivity contribution is 5.23. The first-order valence-electron chi connectivity index (χ1n) is 10.7. The predicted octanol–water partition coefficient (Wildman–Crippen LogP) is 5.14. The Bertz CT molecular complexity index is 380. The first-order valence-corrected chi connectivity index (χ1v) is 10.7. The molecule has 0 aliphatic rings. The van der Waals surface area contributed by atoms with E-state index in [1.54, 1.807) is 0 Å². The molecule has 26 heavy (non-hydrogen) atoms. The molecule has 0 bridgehead atoms. The van der Waals surface area contributed by atoms with Crippen molar-refractivity contribution in [2.45, 2.75) is 79.1 Å². The lowest BCUT2D eigenvalue weighted by Gasteiger charge is -2.18. The number of nitrogens with two attached hydrogens (primary N) is 2. The van der Waals surface area contributed by atoms with Crippen molar-refractivity contribution in [3.8, 4) is 0 Å². The second-order valence-corrected chi connectivity index (χ2v) is 7.15. The van der Waals surface area contributed by atoms with Gasteiger partial charge in [0.15, 0.2) is 0 Å². The van der Waals surface area contributed by atoms with Crippen LogP contribution < -0.4 is 11.5 Å². The van der Waals surface area contributed by atoms with Crippen molar-refractivity contribution in [1.29, 1.82) is 0 Å². The standard InChI is InChI=1S/C22H44N2O2/c1-5-9-11-19(7-3)17-25-16-14-21(24)22(13-15-23)26-18-20(8-4)12-10-6-2/h13-14,19-20H,5-12,15-18,23-24H2,1-4H3/b21-14+,22-13+. The van der Waals surface area contributed by atoms with Crippen molar-refractivity contribution in [3.63, 3.8) is 0 Å². The lowest BCUT2D eigenvalue weighted by atomic mass is 10.0. The van der Waals surface area contributed by atoms with Gasteiger partial charge in [-0.2, -0.15) is 0 Å². The van der Waals surface area contributed by atoms with Gasteiger partial charge in [0.1, 0.15) is 5.76 Å². The molecule has 154 valence electrons. The summed E-state index contributed by atoms with van der Waals surface area (Å²) < 4.78 is 11.8. The Balaban J connectivity index is 4.41. The van der Waals surface area contributed by atoms with Crippen LogP contribution in [0.25, 0.3) is 0 Å². The molecule has 0 rings (SSSR count). The molecule has 4 nitrogen and oxygen atoms in total. The smallest absolute Gasteiger partial charge is 0.139 e. The van der Waals surface area contributed by atoms with Gasteiger partial charge in [-0.05, 0) is 36.8 Å². The molecule has 0 aromatic heterocycles. The SMILES string of the molecule is CCCCC(CC)COC/C=C(N)\C(=C/CN)OCC(CC)CCCC. The Kier molecular flexibility index (Phi) is 16.7. The van der Waals surface area contributed by atoms with Gasteiger partial charge in [-0.3, -0.25) is 0 Å². The fourth-order valence-electron chi connectivity index (χ4n) is 2.85. The maximum atomic E-state index is 6.19. The van der Waals surface area contributed by atoms with Crippen LogP contribution in [0.2, 0.25) is 0 Å². The number of hydrogen-bond donors (Lipinski definition) is 2. The molecular weight excluding hydrogens is 324 g/mol. The molecule has 0 amide bonds. The average Bonchev–Trinajstić information content (AvgIpc) is 2.66. The highest BCUT2D eigenvalue weighted by Crippen LogP contribution is 2.17. The molecule has 4 heteroatoms. The van der Waals surface area contributed by atoms with Gasteiger partial charge < -0.3 is 20.9 Å². The van der Waals surface area contributed by atoms with E-state index in [0.717, 1.165) is 19.4 Å². The normalized spacial score (nSPS) is 15.1. The molecule has 2 atom stereocenters. The predicted molar refractivity (Wildman–Crippen MR) is 113 cm³/mol. The van der Waals surface area contributed by atoms with Gasteiger partial charge in [-0.25, -0.2) is 0 Å². The van der Waals surface area contributed by atoms with E-state index in [1.807, 2.05) is 12.2 Å². The van der Waals surface area contributed by atoms with Crippen LogP contribution in [0.4, 0.5) is 0 Å². The van der Waals surface area contributed by atoms with Crippen LogP contribution in [0.3, 0.4) is 0 Å². The summed E-state index contributed by atoms with van der Waals surface area (Å²) in [6, 6.07) is 0. The van der Waals surface area contributed by atoms with Gasteiger partial charge >= 0.3 is 0 Å². The molecule has 4 N–H and O–H groups in total. The lowest BCUT2D eigenvalue weighted by Crippen LogP contribution is -2.15. The monoisotopic (exact) mass is 368 g/mol. The minimum absolute atomic E-state index is 0.422. The van der Waals surface area contributed by atoms with Crippen molar-refractivity contribution in [3.05, 3.63) is 23.6 Å². The molecule has 2 unspecified atom stereocenters. The summed E-state index contributed by atoms with van der Waals surface area (Å²) in [7, 11) is 0. The van der Waals surface area contributed by atoms with Gasteiger partial charge in [-0.1, -0.05) is 66.2 Å². The Hall–Kier alpha value is -1.00. The van der Waals surface area contributed by atoms with Gasteiger partial charge in [-0.15, -0.1) is 0 Å². The van der Waals surface area contributed by atoms with Crippen LogP contribution in [-0.2, 0) is 9.47 Å². The van der Waals surface area contributed by atoms with E-state index in [1.165, 1.54) is 38.5 Å². The third-order valence-electron chi connectivity index (χ3n) is 4.92. The van der Waals surface area contributed by atoms with Crippen LogP contribution in [0.5, 0.6) is 0 Å². The number of ether oxygens (including phenoxy) is 2. The summed E-state index contributed by atoms with van der Waals surface area (Å²) in [4.78, 5) is 0. The Labute approximate surface area is 162 Å². The van der Waals surface area contributed by atoms with Crippen LogP contribution in [0.15, 0.2) is 23.6 Å². The van der Waals surface area contributed by atoms with Crippen molar-refractivity contribution in [1.82, 2.24) is 0 Å². The third-order valence-corrected chi connectivity index (χ3v) is 4.92. The minimum Gasteiger partial charge on any atom is -0.491 e. The van der Waals surface area contributed by atoms with Crippen molar-refractivity contribution in [2.75, 3.05) is 26.4 Å². The van der Waals surface area contributed by atoms with E-state index in [0.29, 0.717) is 43.1 Å². The van der Waals surface area contributed by atoms with Crippen LogP contribution in [0.1, 0.15) is 79.1 Å². The van der Waals surface area contributed by atoms with E-state index in [2.05, 4.69) is 27.7 Å². The van der Waals surface area contributed by atoms with E-state index in [4.69, 9.17) is 20.9 Å². The zero-order chi connectivity index (χ0) is 19.6. The number of hydrogen-bond acceptors (Lipinski definition) is 4. The van der Waals surface area contributed by atoms with E-state index in [-0.39, 0.29) is 0 Å². The molecule has 0 aliphatic heterocycles. The van der Waals surface area contributed by atoms with Crippen LogP contribution in [0, 0.1) is 11.8 Å². The van der Waals surface area contributed by atoms with E-state index in [9.17, 15) is 0 Å². The Morgan fingerprint density at radius 3 is 1.96 bits per heavy atom. The molecule has 0 saturated carbocycles. The van der Waals surface area contributed by atoms with Gasteiger partial charge in [0, 0.05) is 13.2 Å².